The second-order valence-corrected chi connectivity index (χ2v) is 4.78. The topological polar surface area (TPSA) is 60.9 Å². The highest BCUT2D eigenvalue weighted by molar-refractivity contribution is 5.79. The maximum Gasteiger partial charge on any atom is 0.407 e. The number of carboxylic acid groups (broad SMARTS) is 1. The van der Waals surface area contributed by atoms with Crippen molar-refractivity contribution in [3.05, 3.63) is 0 Å². The molecule has 5 heteroatoms. The van der Waals surface area contributed by atoms with Gasteiger partial charge in [-0.15, -0.1) is 0 Å². The largest absolute Gasteiger partial charge is 0.465 e. The number of piperazine rings is 1. The molecule has 0 aromatic carbocycles. The zero-order valence-corrected chi connectivity index (χ0v) is 10.3. The van der Waals surface area contributed by atoms with Crippen molar-refractivity contribution in [2.75, 3.05) is 13.1 Å². The fourth-order valence-electron chi connectivity index (χ4n) is 2.03. The predicted octanol–water partition coefficient (Wildman–Crippen LogP) is 1.24. The summed E-state index contributed by atoms with van der Waals surface area (Å²) in [4.78, 5) is 26.0. The number of amides is 2. The van der Waals surface area contributed by atoms with E-state index in [2.05, 4.69) is 0 Å². The molecule has 0 bridgehead atoms. The van der Waals surface area contributed by atoms with Gasteiger partial charge in [0.1, 0.15) is 0 Å². The summed E-state index contributed by atoms with van der Waals surface area (Å²) in [5, 5.41) is 8.98. The molecule has 0 aromatic rings. The van der Waals surface area contributed by atoms with Crippen LogP contribution in [0.4, 0.5) is 4.79 Å². The highest BCUT2D eigenvalue weighted by Crippen LogP contribution is 2.17. The Kier molecular flexibility index (Phi) is 3.78. The van der Waals surface area contributed by atoms with Crippen LogP contribution in [0, 0.1) is 5.92 Å². The lowest BCUT2D eigenvalue weighted by Crippen LogP contribution is -2.59. The van der Waals surface area contributed by atoms with Crippen molar-refractivity contribution in [3.63, 3.8) is 0 Å². The van der Waals surface area contributed by atoms with Crippen molar-refractivity contribution < 1.29 is 14.7 Å². The molecule has 0 saturated carbocycles. The van der Waals surface area contributed by atoms with Crippen molar-refractivity contribution in [3.8, 4) is 0 Å². The average Bonchev–Trinajstić information content (AvgIpc) is 2.19. The van der Waals surface area contributed by atoms with Gasteiger partial charge >= 0.3 is 6.09 Å². The molecule has 0 aliphatic carbocycles. The molecule has 1 rings (SSSR count). The van der Waals surface area contributed by atoms with Gasteiger partial charge in [0.2, 0.25) is 5.91 Å². The van der Waals surface area contributed by atoms with Crippen LogP contribution in [0.1, 0.15) is 27.7 Å². The summed E-state index contributed by atoms with van der Waals surface area (Å²) in [7, 11) is 0. The van der Waals surface area contributed by atoms with E-state index >= 15 is 0 Å². The molecular weight excluding hydrogens is 208 g/mol. The molecule has 1 saturated heterocycles. The number of nitrogens with zero attached hydrogens (tertiary/aromatic N) is 2. The molecule has 1 aliphatic rings. The number of carbonyl (C=O) groups is 2. The Morgan fingerprint density at radius 2 is 1.56 bits per heavy atom. The van der Waals surface area contributed by atoms with E-state index in [0.29, 0.717) is 13.1 Å². The molecule has 5 nitrogen and oxygen atoms in total. The first-order valence-corrected chi connectivity index (χ1v) is 5.64. The molecule has 0 spiro atoms. The van der Waals surface area contributed by atoms with Crippen LogP contribution in [0.5, 0.6) is 0 Å². The van der Waals surface area contributed by atoms with Crippen molar-refractivity contribution in [2.24, 2.45) is 5.92 Å². The van der Waals surface area contributed by atoms with Crippen LogP contribution in [0.25, 0.3) is 0 Å². The van der Waals surface area contributed by atoms with Crippen LogP contribution in [0.15, 0.2) is 0 Å². The minimum Gasteiger partial charge on any atom is -0.465 e. The molecule has 1 heterocycles. The minimum absolute atomic E-state index is 0.0361. The lowest BCUT2D eigenvalue weighted by atomic mass is 10.1. The molecule has 0 radical (unpaired) electrons. The van der Waals surface area contributed by atoms with Gasteiger partial charge in [0.15, 0.2) is 0 Å². The molecular formula is C11H20N2O3. The van der Waals surface area contributed by atoms with E-state index in [4.69, 9.17) is 5.11 Å². The molecule has 0 aromatic heterocycles. The highest BCUT2D eigenvalue weighted by Gasteiger charge is 2.34. The fraction of sp³-hybridized carbons (Fsp3) is 0.818. The third kappa shape index (κ3) is 2.46. The van der Waals surface area contributed by atoms with E-state index in [1.54, 1.807) is 4.90 Å². The molecule has 1 N–H and O–H groups in total. The van der Waals surface area contributed by atoms with E-state index in [-0.39, 0.29) is 23.9 Å². The normalized spacial score (nSPS) is 26.1. The standard InChI is InChI=1S/C11H20N2O3/c1-7(2)10(14)12-5-9(4)13(11(15)16)6-8(12)3/h7-9H,5-6H2,1-4H3,(H,15,16)/t8-,9+/m1/s1. The quantitative estimate of drug-likeness (QED) is 0.734. The Labute approximate surface area is 96.0 Å². The van der Waals surface area contributed by atoms with E-state index in [0.717, 1.165) is 0 Å². The van der Waals surface area contributed by atoms with Gasteiger partial charge in [-0.05, 0) is 13.8 Å². The summed E-state index contributed by atoms with van der Waals surface area (Å²) < 4.78 is 0. The van der Waals surface area contributed by atoms with Crippen molar-refractivity contribution in [1.82, 2.24) is 9.80 Å². The summed E-state index contributed by atoms with van der Waals surface area (Å²) in [6.07, 6.45) is -0.906. The SMILES string of the molecule is CC(C)C(=O)N1C[C@H](C)N(C(=O)O)C[C@H]1C. The molecule has 2 atom stereocenters. The first kappa shape index (κ1) is 12.8. The van der Waals surface area contributed by atoms with Crippen LogP contribution >= 0.6 is 0 Å². The first-order chi connectivity index (χ1) is 7.34. The Hall–Kier alpha value is -1.26. The predicted molar refractivity (Wildman–Crippen MR) is 60.2 cm³/mol. The molecule has 2 amide bonds. The van der Waals surface area contributed by atoms with Crippen molar-refractivity contribution in [1.29, 1.82) is 0 Å². The van der Waals surface area contributed by atoms with Crippen molar-refractivity contribution >= 4 is 12.0 Å². The third-order valence-corrected chi connectivity index (χ3v) is 3.01. The second-order valence-electron chi connectivity index (χ2n) is 4.78. The van der Waals surface area contributed by atoms with E-state index in [1.807, 2.05) is 27.7 Å². The van der Waals surface area contributed by atoms with Gasteiger partial charge in [-0.25, -0.2) is 4.79 Å². The smallest absolute Gasteiger partial charge is 0.407 e. The summed E-state index contributed by atoms with van der Waals surface area (Å²) in [5.74, 6) is 0.0652. The van der Waals surface area contributed by atoms with Gasteiger partial charge in [0.25, 0.3) is 0 Å². The molecule has 16 heavy (non-hydrogen) atoms. The van der Waals surface area contributed by atoms with Crippen LogP contribution < -0.4 is 0 Å². The number of rotatable bonds is 1. The molecule has 1 fully saturated rings. The van der Waals surface area contributed by atoms with E-state index in [1.165, 1.54) is 4.90 Å². The number of carbonyl (C=O) groups excluding carboxylic acids is 1. The Balaban J connectivity index is 2.74. The number of hydrogen-bond donors (Lipinski definition) is 1. The summed E-state index contributed by atoms with van der Waals surface area (Å²) in [5.41, 5.74) is 0. The van der Waals surface area contributed by atoms with Crippen LogP contribution in [-0.4, -0.2) is 52.1 Å². The Morgan fingerprint density at radius 1 is 1.12 bits per heavy atom. The van der Waals surface area contributed by atoms with Crippen molar-refractivity contribution in [2.45, 2.75) is 39.8 Å². The zero-order chi connectivity index (χ0) is 12.5. The van der Waals surface area contributed by atoms with E-state index in [9.17, 15) is 9.59 Å². The first-order valence-electron chi connectivity index (χ1n) is 5.64. The summed E-state index contributed by atoms with van der Waals surface area (Å²) in [6, 6.07) is -0.168. The van der Waals surface area contributed by atoms with Crippen LogP contribution in [-0.2, 0) is 4.79 Å². The fourth-order valence-corrected chi connectivity index (χ4v) is 2.03. The zero-order valence-electron chi connectivity index (χ0n) is 10.3. The average molecular weight is 228 g/mol. The van der Waals surface area contributed by atoms with Gasteiger partial charge in [0, 0.05) is 31.1 Å². The third-order valence-electron chi connectivity index (χ3n) is 3.01. The van der Waals surface area contributed by atoms with Gasteiger partial charge < -0.3 is 14.9 Å². The maximum absolute atomic E-state index is 11.9. The van der Waals surface area contributed by atoms with Gasteiger partial charge in [-0.3, -0.25) is 4.79 Å². The van der Waals surface area contributed by atoms with Crippen LogP contribution in [0.3, 0.4) is 0 Å². The Bertz CT molecular complexity index is 291. The molecule has 1 aliphatic heterocycles. The summed E-state index contributed by atoms with van der Waals surface area (Å²) in [6.45, 7) is 8.34. The highest BCUT2D eigenvalue weighted by atomic mass is 16.4. The number of hydrogen-bond acceptors (Lipinski definition) is 2. The van der Waals surface area contributed by atoms with Crippen LogP contribution in [0.2, 0.25) is 0 Å². The van der Waals surface area contributed by atoms with Gasteiger partial charge in [0.05, 0.1) is 0 Å². The molecule has 92 valence electrons. The van der Waals surface area contributed by atoms with Gasteiger partial charge in [-0.2, -0.15) is 0 Å². The van der Waals surface area contributed by atoms with E-state index < -0.39 is 6.09 Å². The molecule has 0 unspecified atom stereocenters. The summed E-state index contributed by atoms with van der Waals surface area (Å²) >= 11 is 0. The maximum atomic E-state index is 11.9. The second kappa shape index (κ2) is 4.72. The van der Waals surface area contributed by atoms with Gasteiger partial charge in [-0.1, -0.05) is 13.8 Å². The Morgan fingerprint density at radius 3 is 2.00 bits per heavy atom. The monoisotopic (exact) mass is 228 g/mol. The lowest BCUT2D eigenvalue weighted by Gasteiger charge is -2.43. The lowest BCUT2D eigenvalue weighted by molar-refractivity contribution is -0.140. The minimum atomic E-state index is -0.906.